The van der Waals surface area contributed by atoms with Gasteiger partial charge < -0.3 is 15.3 Å². The number of hydrogen-bond donors (Lipinski definition) is 2. The van der Waals surface area contributed by atoms with E-state index in [2.05, 4.69) is 44.8 Å². The Kier molecular flexibility index (Phi) is 9.06. The molecule has 1 atom stereocenters. The molecule has 20 heavy (non-hydrogen) atoms. The molecular formula is C16H34N2O2. The monoisotopic (exact) mass is 286 g/mol. The van der Waals surface area contributed by atoms with E-state index in [0.29, 0.717) is 18.4 Å². The molecule has 0 aliphatic rings. The fraction of sp³-hybridized carbons (Fsp3) is 0.938. The summed E-state index contributed by atoms with van der Waals surface area (Å²) < 4.78 is 0. The van der Waals surface area contributed by atoms with Crippen LogP contribution in [-0.2, 0) is 4.79 Å². The summed E-state index contributed by atoms with van der Waals surface area (Å²) in [5, 5.41) is 12.6. The first kappa shape index (κ1) is 19.4. The summed E-state index contributed by atoms with van der Waals surface area (Å²) >= 11 is 0. The quantitative estimate of drug-likeness (QED) is 0.613. The smallest absolute Gasteiger partial charge is 0.323 e. The van der Waals surface area contributed by atoms with Crippen molar-refractivity contribution in [1.82, 2.24) is 10.2 Å². The van der Waals surface area contributed by atoms with Crippen LogP contribution in [-0.4, -0.2) is 47.2 Å². The molecule has 0 rings (SSSR count). The van der Waals surface area contributed by atoms with Gasteiger partial charge in [0.2, 0.25) is 0 Å². The van der Waals surface area contributed by atoms with Crippen molar-refractivity contribution in [3.8, 4) is 0 Å². The molecule has 0 aromatic heterocycles. The Labute approximate surface area is 124 Å². The van der Waals surface area contributed by atoms with Crippen molar-refractivity contribution in [3.63, 3.8) is 0 Å². The third-order valence-corrected chi connectivity index (χ3v) is 3.69. The molecule has 0 aliphatic carbocycles. The fourth-order valence-corrected chi connectivity index (χ4v) is 2.34. The molecule has 1 unspecified atom stereocenters. The van der Waals surface area contributed by atoms with E-state index >= 15 is 0 Å². The Balaban J connectivity index is 4.36. The second-order valence-electron chi connectivity index (χ2n) is 6.65. The molecule has 0 heterocycles. The van der Waals surface area contributed by atoms with Crippen LogP contribution >= 0.6 is 0 Å². The average Bonchev–Trinajstić information content (AvgIpc) is 2.34. The number of carbonyl (C=O) groups is 1. The Bertz CT molecular complexity index is 280. The maximum atomic E-state index is 11.4. The highest BCUT2D eigenvalue weighted by Gasteiger charge is 2.31. The molecule has 0 saturated carbocycles. The molecule has 4 heteroatoms. The summed E-state index contributed by atoms with van der Waals surface area (Å²) in [6, 6.07) is 0.511. The maximum Gasteiger partial charge on any atom is 0.323 e. The van der Waals surface area contributed by atoms with Gasteiger partial charge >= 0.3 is 5.97 Å². The zero-order valence-electron chi connectivity index (χ0n) is 14.2. The molecule has 0 spiro atoms. The first-order chi connectivity index (χ1) is 9.23. The molecule has 120 valence electrons. The molecule has 0 aromatic rings. The lowest BCUT2D eigenvalue weighted by Crippen LogP contribution is -2.50. The highest BCUT2D eigenvalue weighted by Crippen LogP contribution is 2.15. The van der Waals surface area contributed by atoms with E-state index in [1.807, 2.05) is 0 Å². The van der Waals surface area contributed by atoms with E-state index in [1.165, 1.54) is 0 Å². The van der Waals surface area contributed by atoms with Gasteiger partial charge in [-0.1, -0.05) is 20.8 Å². The van der Waals surface area contributed by atoms with Crippen molar-refractivity contribution in [2.45, 2.75) is 72.4 Å². The molecule has 4 nitrogen and oxygen atoms in total. The molecule has 0 fully saturated rings. The van der Waals surface area contributed by atoms with Crippen LogP contribution in [0.3, 0.4) is 0 Å². The Morgan fingerprint density at radius 3 is 2.30 bits per heavy atom. The first-order valence-corrected chi connectivity index (χ1v) is 7.95. The molecule has 2 N–H and O–H groups in total. The third-order valence-electron chi connectivity index (χ3n) is 3.69. The maximum absolute atomic E-state index is 11.4. The van der Waals surface area contributed by atoms with Crippen LogP contribution in [0.15, 0.2) is 0 Å². The van der Waals surface area contributed by atoms with E-state index in [0.717, 1.165) is 32.5 Å². The third kappa shape index (κ3) is 7.25. The number of carboxylic acids is 1. The lowest BCUT2D eigenvalue weighted by atomic mass is 9.95. The SMILES string of the molecule is CCCNC(C)(CCCN(CC(C)C)C(C)C)C(=O)O. The minimum Gasteiger partial charge on any atom is -0.480 e. The van der Waals surface area contributed by atoms with Crippen LogP contribution in [0.25, 0.3) is 0 Å². The number of nitrogens with one attached hydrogen (secondary N) is 1. The molecule has 0 amide bonds. The summed E-state index contributed by atoms with van der Waals surface area (Å²) in [6.45, 7) is 15.5. The van der Waals surface area contributed by atoms with Crippen LogP contribution in [0.5, 0.6) is 0 Å². The van der Waals surface area contributed by atoms with Gasteiger partial charge in [-0.05, 0) is 59.0 Å². The van der Waals surface area contributed by atoms with Gasteiger partial charge in [-0.25, -0.2) is 0 Å². The summed E-state index contributed by atoms with van der Waals surface area (Å²) in [4.78, 5) is 13.9. The van der Waals surface area contributed by atoms with Gasteiger partial charge in [0, 0.05) is 12.6 Å². The topological polar surface area (TPSA) is 52.6 Å². The van der Waals surface area contributed by atoms with Gasteiger partial charge in [-0.2, -0.15) is 0 Å². The van der Waals surface area contributed by atoms with Crippen LogP contribution in [0.2, 0.25) is 0 Å². The first-order valence-electron chi connectivity index (χ1n) is 7.95. The van der Waals surface area contributed by atoms with Gasteiger partial charge in [-0.3, -0.25) is 4.79 Å². The Hall–Kier alpha value is -0.610. The van der Waals surface area contributed by atoms with Crippen molar-refractivity contribution in [1.29, 1.82) is 0 Å². The summed E-state index contributed by atoms with van der Waals surface area (Å²) in [5.41, 5.74) is -0.795. The van der Waals surface area contributed by atoms with Crippen molar-refractivity contribution >= 4 is 5.97 Å². The van der Waals surface area contributed by atoms with E-state index in [9.17, 15) is 9.90 Å². The summed E-state index contributed by atoms with van der Waals surface area (Å²) in [7, 11) is 0. The van der Waals surface area contributed by atoms with Gasteiger partial charge in [0.15, 0.2) is 0 Å². The Morgan fingerprint density at radius 2 is 1.90 bits per heavy atom. The van der Waals surface area contributed by atoms with Crippen molar-refractivity contribution < 1.29 is 9.90 Å². The summed E-state index contributed by atoms with van der Waals surface area (Å²) in [5.74, 6) is -0.104. The highest BCUT2D eigenvalue weighted by atomic mass is 16.4. The molecule has 0 aliphatic heterocycles. The fourth-order valence-electron chi connectivity index (χ4n) is 2.34. The standard InChI is InChI=1S/C16H34N2O2/c1-7-10-17-16(6,15(19)20)9-8-11-18(14(4)5)12-13(2)3/h13-14,17H,7-12H2,1-6H3,(H,19,20). The van der Waals surface area contributed by atoms with Gasteiger partial charge in [0.05, 0.1) is 0 Å². The predicted octanol–water partition coefficient (Wildman–Crippen LogP) is 2.98. The van der Waals surface area contributed by atoms with Gasteiger partial charge in [0.1, 0.15) is 5.54 Å². The van der Waals surface area contributed by atoms with Crippen molar-refractivity contribution in [2.24, 2.45) is 5.92 Å². The zero-order valence-corrected chi connectivity index (χ0v) is 14.2. The Morgan fingerprint density at radius 1 is 1.30 bits per heavy atom. The number of carboxylic acid groups (broad SMARTS) is 1. The highest BCUT2D eigenvalue weighted by molar-refractivity contribution is 5.78. The molecular weight excluding hydrogens is 252 g/mol. The van der Waals surface area contributed by atoms with Crippen LogP contribution in [0.4, 0.5) is 0 Å². The van der Waals surface area contributed by atoms with Crippen molar-refractivity contribution in [2.75, 3.05) is 19.6 Å². The van der Waals surface area contributed by atoms with Crippen molar-refractivity contribution in [3.05, 3.63) is 0 Å². The lowest BCUT2D eigenvalue weighted by Gasteiger charge is -2.31. The van der Waals surface area contributed by atoms with E-state index in [1.54, 1.807) is 6.92 Å². The number of nitrogens with zero attached hydrogens (tertiary/aromatic N) is 1. The largest absolute Gasteiger partial charge is 0.480 e. The zero-order chi connectivity index (χ0) is 15.8. The van der Waals surface area contributed by atoms with Crippen LogP contribution in [0.1, 0.15) is 60.8 Å². The minimum absolute atomic E-state index is 0.511. The normalized spacial score (nSPS) is 15.1. The second-order valence-corrected chi connectivity index (χ2v) is 6.65. The number of aliphatic carboxylic acids is 1. The van der Waals surface area contributed by atoms with E-state index in [-0.39, 0.29) is 0 Å². The van der Waals surface area contributed by atoms with E-state index < -0.39 is 11.5 Å². The van der Waals surface area contributed by atoms with Gasteiger partial charge in [0.25, 0.3) is 0 Å². The lowest BCUT2D eigenvalue weighted by molar-refractivity contribution is -0.144. The van der Waals surface area contributed by atoms with Crippen LogP contribution < -0.4 is 5.32 Å². The molecule has 0 saturated heterocycles. The molecule has 0 aromatic carbocycles. The number of hydrogen-bond acceptors (Lipinski definition) is 3. The predicted molar refractivity (Wildman–Crippen MR) is 85.1 cm³/mol. The van der Waals surface area contributed by atoms with Gasteiger partial charge in [-0.15, -0.1) is 0 Å². The molecule has 0 radical (unpaired) electrons. The minimum atomic E-state index is -0.795. The number of rotatable bonds is 11. The molecule has 0 bridgehead atoms. The van der Waals surface area contributed by atoms with Crippen LogP contribution in [0, 0.1) is 5.92 Å². The average molecular weight is 286 g/mol. The van der Waals surface area contributed by atoms with E-state index in [4.69, 9.17) is 0 Å². The summed E-state index contributed by atoms with van der Waals surface area (Å²) in [6.07, 6.45) is 2.53. The second kappa shape index (κ2) is 9.35.